The van der Waals surface area contributed by atoms with E-state index in [9.17, 15) is 9.59 Å². The van der Waals surface area contributed by atoms with Gasteiger partial charge in [-0.3, -0.25) is 9.59 Å². The van der Waals surface area contributed by atoms with E-state index >= 15 is 0 Å². The van der Waals surface area contributed by atoms with Crippen molar-refractivity contribution in [1.29, 1.82) is 0 Å². The number of rotatable bonds is 10. The van der Waals surface area contributed by atoms with Crippen molar-refractivity contribution < 1.29 is 19.1 Å². The molecule has 1 aliphatic carbocycles. The van der Waals surface area contributed by atoms with Crippen molar-refractivity contribution >= 4 is 23.1 Å². The fraction of sp³-hybridized carbons (Fsp3) is 0.375. The molecule has 0 spiro atoms. The standard InChI is InChI=1S/C32H38N4O4/c1-35-18-20-36(21-19-35)17-5-16-33-23-10-8-22(9-11-23)32(38)34-27-14-12-24(25-13-15-28(37)30(25)27)26-6-4-7-29(39-2)31(26)40-3/h4,6-12,14,33H,5,13,15-21H2,1-3H3,(H,34,38). The monoisotopic (exact) mass is 542 g/mol. The molecule has 210 valence electrons. The number of fused-ring (bicyclic) bond motifs is 1. The maximum absolute atomic E-state index is 13.1. The molecule has 1 aliphatic heterocycles. The zero-order chi connectivity index (χ0) is 28.1. The number of nitrogens with zero attached hydrogens (tertiary/aromatic N) is 2. The molecule has 2 N–H and O–H groups in total. The third kappa shape index (κ3) is 5.98. The van der Waals surface area contributed by atoms with Crippen LogP contribution >= 0.6 is 0 Å². The van der Waals surface area contributed by atoms with E-state index in [0.717, 1.165) is 68.1 Å². The van der Waals surface area contributed by atoms with Gasteiger partial charge in [-0.05, 0) is 74.0 Å². The molecule has 8 nitrogen and oxygen atoms in total. The predicted octanol–water partition coefficient (Wildman–Crippen LogP) is 4.80. The minimum Gasteiger partial charge on any atom is -0.493 e. The van der Waals surface area contributed by atoms with Gasteiger partial charge in [0.1, 0.15) is 0 Å². The molecule has 0 radical (unpaired) electrons. The van der Waals surface area contributed by atoms with Crippen molar-refractivity contribution in [3.05, 3.63) is 71.3 Å². The Morgan fingerprint density at radius 3 is 2.40 bits per heavy atom. The van der Waals surface area contributed by atoms with E-state index in [-0.39, 0.29) is 11.7 Å². The van der Waals surface area contributed by atoms with Gasteiger partial charge in [-0.15, -0.1) is 0 Å². The van der Waals surface area contributed by atoms with Crippen LogP contribution in [0, 0.1) is 0 Å². The summed E-state index contributed by atoms with van der Waals surface area (Å²) in [4.78, 5) is 30.9. The number of hydrogen-bond donors (Lipinski definition) is 2. The normalized spacial score (nSPS) is 15.5. The maximum atomic E-state index is 13.1. The van der Waals surface area contributed by atoms with Crippen molar-refractivity contribution in [2.45, 2.75) is 19.3 Å². The molecule has 0 bridgehead atoms. The molecule has 1 fully saturated rings. The third-order valence-electron chi connectivity index (χ3n) is 7.86. The molecule has 3 aromatic carbocycles. The molecule has 5 rings (SSSR count). The first kappa shape index (κ1) is 27.7. The molecule has 1 amide bonds. The van der Waals surface area contributed by atoms with Gasteiger partial charge in [0.05, 0.1) is 19.9 Å². The molecule has 0 atom stereocenters. The van der Waals surface area contributed by atoms with E-state index in [1.54, 1.807) is 14.2 Å². The fourth-order valence-corrected chi connectivity index (χ4v) is 5.59. The van der Waals surface area contributed by atoms with Crippen molar-refractivity contribution in [2.24, 2.45) is 0 Å². The number of nitrogens with one attached hydrogen (secondary N) is 2. The van der Waals surface area contributed by atoms with Gasteiger partial charge in [0.25, 0.3) is 5.91 Å². The van der Waals surface area contributed by atoms with Crippen molar-refractivity contribution in [2.75, 3.05) is 71.2 Å². The smallest absolute Gasteiger partial charge is 0.255 e. The Hall–Kier alpha value is -3.88. The molecule has 1 saturated heterocycles. The van der Waals surface area contributed by atoms with Gasteiger partial charge in [-0.1, -0.05) is 18.2 Å². The lowest BCUT2D eigenvalue weighted by atomic mass is 9.94. The topological polar surface area (TPSA) is 83.1 Å². The van der Waals surface area contributed by atoms with Crippen LogP contribution in [0.1, 0.15) is 39.1 Å². The fourth-order valence-electron chi connectivity index (χ4n) is 5.59. The molecule has 40 heavy (non-hydrogen) atoms. The van der Waals surface area contributed by atoms with Crippen LogP contribution in [0.3, 0.4) is 0 Å². The van der Waals surface area contributed by atoms with Crippen LogP contribution in [0.25, 0.3) is 11.1 Å². The van der Waals surface area contributed by atoms with Crippen LogP contribution < -0.4 is 20.1 Å². The Labute approximate surface area is 236 Å². The lowest BCUT2D eigenvalue weighted by Crippen LogP contribution is -2.44. The second-order valence-corrected chi connectivity index (χ2v) is 10.4. The zero-order valence-electron chi connectivity index (χ0n) is 23.6. The first-order valence-electron chi connectivity index (χ1n) is 13.9. The highest BCUT2D eigenvalue weighted by Gasteiger charge is 2.28. The van der Waals surface area contributed by atoms with E-state index in [0.29, 0.717) is 41.2 Å². The first-order chi connectivity index (χ1) is 19.5. The molecule has 2 aliphatic rings. The quantitative estimate of drug-likeness (QED) is 0.356. The van der Waals surface area contributed by atoms with E-state index < -0.39 is 0 Å². The SMILES string of the molecule is COc1cccc(-c2ccc(NC(=O)c3ccc(NCCCN4CCN(C)CC4)cc3)c3c2CCC3=O)c1OC. The van der Waals surface area contributed by atoms with Crippen LogP contribution in [0.4, 0.5) is 11.4 Å². The highest BCUT2D eigenvalue weighted by molar-refractivity contribution is 6.12. The Bertz CT molecular complexity index is 1360. The minimum absolute atomic E-state index is 0.0325. The summed E-state index contributed by atoms with van der Waals surface area (Å²) in [6.07, 6.45) is 2.10. The van der Waals surface area contributed by atoms with Gasteiger partial charge in [-0.2, -0.15) is 0 Å². The van der Waals surface area contributed by atoms with Gasteiger partial charge in [0.2, 0.25) is 0 Å². The van der Waals surface area contributed by atoms with Gasteiger partial charge in [0.15, 0.2) is 17.3 Å². The summed E-state index contributed by atoms with van der Waals surface area (Å²) in [7, 11) is 5.38. The van der Waals surface area contributed by atoms with Gasteiger partial charge < -0.3 is 29.9 Å². The van der Waals surface area contributed by atoms with Crippen molar-refractivity contribution in [3.63, 3.8) is 0 Å². The Kier molecular flexibility index (Phi) is 8.67. The highest BCUT2D eigenvalue weighted by Crippen LogP contribution is 2.43. The molecule has 0 unspecified atom stereocenters. The number of ether oxygens (including phenoxy) is 2. The Morgan fingerprint density at radius 1 is 0.900 bits per heavy atom. The third-order valence-corrected chi connectivity index (χ3v) is 7.86. The number of Topliss-reactive ketones (excluding diaryl/α,β-unsaturated/α-hetero) is 1. The Balaban J connectivity index is 1.24. The summed E-state index contributed by atoms with van der Waals surface area (Å²) in [5.41, 5.74) is 5.34. The van der Waals surface area contributed by atoms with E-state index in [1.807, 2.05) is 54.6 Å². The van der Waals surface area contributed by atoms with Gasteiger partial charge in [0, 0.05) is 61.5 Å². The number of carbonyl (C=O) groups is 2. The lowest BCUT2D eigenvalue weighted by Gasteiger charge is -2.32. The molecule has 8 heteroatoms. The molecule has 1 heterocycles. The molecule has 0 aromatic heterocycles. The van der Waals surface area contributed by atoms with Gasteiger partial charge in [-0.25, -0.2) is 0 Å². The number of benzene rings is 3. The average Bonchev–Trinajstić information content (AvgIpc) is 3.38. The number of para-hydroxylation sites is 1. The number of ketones is 1. The summed E-state index contributed by atoms with van der Waals surface area (Å²) in [5.74, 6) is 1.04. The van der Waals surface area contributed by atoms with Crippen molar-refractivity contribution in [1.82, 2.24) is 9.80 Å². The maximum Gasteiger partial charge on any atom is 0.255 e. The zero-order valence-corrected chi connectivity index (χ0v) is 23.6. The highest BCUT2D eigenvalue weighted by atomic mass is 16.5. The van der Waals surface area contributed by atoms with Crippen molar-refractivity contribution in [3.8, 4) is 22.6 Å². The second-order valence-electron chi connectivity index (χ2n) is 10.4. The summed E-state index contributed by atoms with van der Waals surface area (Å²) in [6.45, 7) is 6.51. The summed E-state index contributed by atoms with van der Waals surface area (Å²) >= 11 is 0. The summed E-state index contributed by atoms with van der Waals surface area (Å²) in [6, 6.07) is 17.0. The van der Waals surface area contributed by atoms with Crippen LogP contribution in [-0.2, 0) is 6.42 Å². The summed E-state index contributed by atoms with van der Waals surface area (Å²) in [5, 5.41) is 6.44. The van der Waals surface area contributed by atoms with Crippen LogP contribution in [0.2, 0.25) is 0 Å². The number of amides is 1. The molecule has 3 aromatic rings. The largest absolute Gasteiger partial charge is 0.493 e. The number of carbonyl (C=O) groups excluding carboxylic acids is 2. The molecule has 0 saturated carbocycles. The lowest BCUT2D eigenvalue weighted by molar-refractivity contribution is 0.0995. The second kappa shape index (κ2) is 12.5. The van der Waals surface area contributed by atoms with Crippen LogP contribution in [0.5, 0.6) is 11.5 Å². The van der Waals surface area contributed by atoms with Crippen LogP contribution in [0.15, 0.2) is 54.6 Å². The molecular formula is C32H38N4O4. The van der Waals surface area contributed by atoms with Gasteiger partial charge >= 0.3 is 0 Å². The predicted molar refractivity (Wildman–Crippen MR) is 159 cm³/mol. The van der Waals surface area contributed by atoms with E-state index in [2.05, 4.69) is 27.5 Å². The van der Waals surface area contributed by atoms with Crippen LogP contribution in [-0.4, -0.2) is 82.0 Å². The number of piperazine rings is 1. The average molecular weight is 543 g/mol. The minimum atomic E-state index is -0.241. The number of methoxy groups -OCH3 is 2. The number of hydrogen-bond acceptors (Lipinski definition) is 7. The Morgan fingerprint density at radius 2 is 1.68 bits per heavy atom. The summed E-state index contributed by atoms with van der Waals surface area (Å²) < 4.78 is 11.1. The van der Waals surface area contributed by atoms with E-state index in [4.69, 9.17) is 9.47 Å². The number of anilines is 2. The number of likely N-dealkylation sites (N-methyl/N-ethyl adjacent to an activating group) is 1. The van der Waals surface area contributed by atoms with E-state index in [1.165, 1.54) is 0 Å². The first-order valence-corrected chi connectivity index (χ1v) is 13.9. The molecular weight excluding hydrogens is 504 g/mol.